The van der Waals surface area contributed by atoms with Gasteiger partial charge in [0.05, 0.1) is 16.5 Å². The van der Waals surface area contributed by atoms with Gasteiger partial charge in [0.15, 0.2) is 0 Å². The largest absolute Gasteiger partial charge is 0.273 e. The van der Waals surface area contributed by atoms with Gasteiger partial charge >= 0.3 is 0 Å². The van der Waals surface area contributed by atoms with E-state index in [1.165, 1.54) is 24.3 Å². The van der Waals surface area contributed by atoms with Crippen LogP contribution in [-0.2, 0) is 9.59 Å². The second-order valence-electron chi connectivity index (χ2n) is 4.94. The van der Waals surface area contributed by atoms with Gasteiger partial charge in [0.2, 0.25) is 5.91 Å². The minimum Gasteiger partial charge on any atom is -0.273 e. The summed E-state index contributed by atoms with van der Waals surface area (Å²) < 4.78 is 0. The van der Waals surface area contributed by atoms with Gasteiger partial charge in [-0.25, -0.2) is 4.90 Å². The van der Waals surface area contributed by atoms with Gasteiger partial charge < -0.3 is 0 Å². The summed E-state index contributed by atoms with van der Waals surface area (Å²) in [6.07, 6.45) is 4.04. The molecule has 0 saturated heterocycles. The number of carbonyl (C=O) groups excluding carboxylic acids is 2. The molecule has 1 atom stereocenters. The molecule has 0 spiro atoms. The molecule has 102 valence electrons. The van der Waals surface area contributed by atoms with Crippen LogP contribution < -0.4 is 4.90 Å². The highest BCUT2D eigenvalue weighted by atomic mass is 16.6. The Morgan fingerprint density at radius 1 is 1.20 bits per heavy atom. The highest BCUT2D eigenvalue weighted by Crippen LogP contribution is 2.33. The predicted octanol–water partition coefficient (Wildman–Crippen LogP) is 2.19. The number of nitro benzene ring substituents is 1. The summed E-state index contributed by atoms with van der Waals surface area (Å²) >= 11 is 0. The quantitative estimate of drug-likeness (QED) is 0.469. The fourth-order valence-corrected chi connectivity index (χ4v) is 2.67. The van der Waals surface area contributed by atoms with Crippen molar-refractivity contribution in [1.29, 1.82) is 0 Å². The molecule has 6 heteroatoms. The van der Waals surface area contributed by atoms with Crippen LogP contribution in [0.2, 0.25) is 0 Å². The number of hydrogen-bond donors (Lipinski definition) is 0. The van der Waals surface area contributed by atoms with E-state index in [2.05, 4.69) is 0 Å². The molecule has 2 aliphatic rings. The molecule has 1 heterocycles. The van der Waals surface area contributed by atoms with E-state index < -0.39 is 4.92 Å². The maximum Gasteiger partial charge on any atom is 0.269 e. The number of fused-ring (bicyclic) bond motifs is 1. The fraction of sp³-hybridized carbons (Fsp3) is 0.286. The third-order valence-electron chi connectivity index (χ3n) is 3.70. The molecule has 2 bridgehead atoms. The molecule has 1 unspecified atom stereocenters. The Balaban J connectivity index is 1.97. The molecular weight excluding hydrogens is 260 g/mol. The fourth-order valence-electron chi connectivity index (χ4n) is 2.67. The highest BCUT2D eigenvalue weighted by molar-refractivity contribution is 6.24. The zero-order chi connectivity index (χ0) is 14.3. The van der Waals surface area contributed by atoms with Crippen molar-refractivity contribution >= 4 is 23.2 Å². The van der Waals surface area contributed by atoms with Gasteiger partial charge in [-0.1, -0.05) is 6.08 Å². The lowest BCUT2D eigenvalue weighted by Gasteiger charge is -2.33. The summed E-state index contributed by atoms with van der Waals surface area (Å²) in [7, 11) is 0. The topological polar surface area (TPSA) is 80.5 Å². The van der Waals surface area contributed by atoms with Crippen LogP contribution in [0.25, 0.3) is 0 Å². The number of nitro groups is 1. The van der Waals surface area contributed by atoms with Crippen LogP contribution in [0.4, 0.5) is 11.4 Å². The number of anilines is 1. The lowest BCUT2D eigenvalue weighted by molar-refractivity contribution is -0.384. The van der Waals surface area contributed by atoms with Crippen LogP contribution >= 0.6 is 0 Å². The summed E-state index contributed by atoms with van der Waals surface area (Å²) in [5.74, 6) is -0.793. The molecule has 2 amide bonds. The van der Waals surface area contributed by atoms with Crippen LogP contribution in [0.5, 0.6) is 0 Å². The zero-order valence-electron chi connectivity index (χ0n) is 10.6. The molecule has 0 saturated carbocycles. The second-order valence-corrected chi connectivity index (χ2v) is 4.94. The van der Waals surface area contributed by atoms with E-state index in [9.17, 15) is 19.7 Å². The molecule has 1 aliphatic carbocycles. The monoisotopic (exact) mass is 272 g/mol. The van der Waals surface area contributed by atoms with Crippen LogP contribution in [0.1, 0.15) is 19.3 Å². The third-order valence-corrected chi connectivity index (χ3v) is 3.70. The lowest BCUT2D eigenvalue weighted by atomic mass is 9.85. The summed E-state index contributed by atoms with van der Waals surface area (Å²) in [5.41, 5.74) is 0.993. The SMILES string of the molecule is O=C1C2=CC(CCC2)C(=O)N1c1ccc([N+](=O)[O-])cc1. The van der Waals surface area contributed by atoms with Crippen molar-refractivity contribution in [2.24, 2.45) is 5.92 Å². The van der Waals surface area contributed by atoms with Gasteiger partial charge in [-0.2, -0.15) is 0 Å². The van der Waals surface area contributed by atoms with Gasteiger partial charge in [-0.05, 0) is 31.4 Å². The maximum absolute atomic E-state index is 12.3. The molecule has 20 heavy (non-hydrogen) atoms. The molecule has 1 aliphatic heterocycles. The summed E-state index contributed by atoms with van der Waals surface area (Å²) in [4.78, 5) is 35.8. The van der Waals surface area contributed by atoms with E-state index in [-0.39, 0.29) is 23.4 Å². The summed E-state index contributed by atoms with van der Waals surface area (Å²) in [6.45, 7) is 0. The molecular formula is C14H12N2O4. The van der Waals surface area contributed by atoms with Crippen molar-refractivity contribution < 1.29 is 14.5 Å². The molecule has 1 aromatic rings. The van der Waals surface area contributed by atoms with Crippen LogP contribution in [0, 0.1) is 16.0 Å². The zero-order valence-corrected chi connectivity index (χ0v) is 10.6. The number of amides is 2. The smallest absolute Gasteiger partial charge is 0.269 e. The number of nitrogens with zero attached hydrogens (tertiary/aromatic N) is 2. The highest BCUT2D eigenvalue weighted by Gasteiger charge is 2.38. The number of rotatable bonds is 2. The Hall–Kier alpha value is -2.50. The lowest BCUT2D eigenvalue weighted by Crippen LogP contribution is -2.46. The minimum atomic E-state index is -0.513. The Morgan fingerprint density at radius 2 is 1.90 bits per heavy atom. The van der Waals surface area contributed by atoms with Crippen LogP contribution in [-0.4, -0.2) is 16.7 Å². The number of carbonyl (C=O) groups is 2. The van der Waals surface area contributed by atoms with E-state index in [4.69, 9.17) is 0 Å². The minimum absolute atomic E-state index is 0.0648. The Morgan fingerprint density at radius 3 is 2.55 bits per heavy atom. The number of hydrogen-bond acceptors (Lipinski definition) is 4. The summed E-state index contributed by atoms with van der Waals surface area (Å²) in [6, 6.07) is 5.48. The first-order valence-electron chi connectivity index (χ1n) is 6.41. The Bertz CT molecular complexity index is 633. The molecule has 6 nitrogen and oxygen atoms in total. The van der Waals surface area contributed by atoms with Gasteiger partial charge in [0, 0.05) is 17.7 Å². The van der Waals surface area contributed by atoms with E-state index in [1.807, 2.05) is 0 Å². The van der Waals surface area contributed by atoms with Crippen molar-refractivity contribution in [3.8, 4) is 0 Å². The second kappa shape index (κ2) is 4.56. The van der Waals surface area contributed by atoms with Gasteiger partial charge in [0.1, 0.15) is 0 Å². The van der Waals surface area contributed by atoms with Crippen LogP contribution in [0.3, 0.4) is 0 Å². The first-order valence-corrected chi connectivity index (χ1v) is 6.41. The molecule has 0 N–H and O–H groups in total. The third kappa shape index (κ3) is 1.89. The van der Waals surface area contributed by atoms with E-state index >= 15 is 0 Å². The predicted molar refractivity (Wildman–Crippen MR) is 71.0 cm³/mol. The average molecular weight is 272 g/mol. The van der Waals surface area contributed by atoms with Crippen molar-refractivity contribution in [3.63, 3.8) is 0 Å². The first kappa shape index (κ1) is 12.5. The standard InChI is InChI=1S/C14H12N2O4/c17-13-9-2-1-3-10(8-9)14(18)15(13)11-4-6-12(7-5-11)16(19)20/h4-9H,1-3H2. The maximum atomic E-state index is 12.3. The van der Waals surface area contributed by atoms with Crippen molar-refractivity contribution in [2.75, 3.05) is 4.90 Å². The van der Waals surface area contributed by atoms with E-state index in [0.29, 0.717) is 17.7 Å². The van der Waals surface area contributed by atoms with Gasteiger partial charge in [-0.3, -0.25) is 19.7 Å². The molecule has 0 radical (unpaired) electrons. The van der Waals surface area contributed by atoms with Crippen LogP contribution in [0.15, 0.2) is 35.9 Å². The van der Waals surface area contributed by atoms with Crippen molar-refractivity contribution in [3.05, 3.63) is 46.0 Å². The molecule has 0 aromatic heterocycles. The molecule has 1 aromatic carbocycles. The van der Waals surface area contributed by atoms with Crippen molar-refractivity contribution in [2.45, 2.75) is 19.3 Å². The average Bonchev–Trinajstić information content (AvgIpc) is 2.47. The Labute approximate surface area is 114 Å². The Kier molecular flexibility index (Phi) is 2.85. The normalized spacial score (nSPS) is 21.7. The number of imide groups is 1. The molecule has 0 fully saturated rings. The van der Waals surface area contributed by atoms with Gasteiger partial charge in [0.25, 0.3) is 11.6 Å². The van der Waals surface area contributed by atoms with Crippen molar-refractivity contribution in [1.82, 2.24) is 0 Å². The summed E-state index contributed by atoms with van der Waals surface area (Å²) in [5, 5.41) is 10.6. The molecule has 3 rings (SSSR count). The number of benzene rings is 1. The van der Waals surface area contributed by atoms with E-state index in [1.54, 1.807) is 6.08 Å². The first-order chi connectivity index (χ1) is 9.58. The number of non-ortho nitro benzene ring substituents is 1. The van der Waals surface area contributed by atoms with E-state index in [0.717, 1.165) is 17.7 Å². The van der Waals surface area contributed by atoms with Gasteiger partial charge in [-0.15, -0.1) is 0 Å².